The first-order valence-corrected chi connectivity index (χ1v) is 49.3. The molecule has 0 saturated carbocycles. The van der Waals surface area contributed by atoms with E-state index in [0.29, 0.717) is 29.5 Å². The van der Waals surface area contributed by atoms with Gasteiger partial charge in [0, 0.05) is 83.5 Å². The Hall–Kier alpha value is -15.0. The number of hydrogen-bond acceptors (Lipinski definition) is 27. The van der Waals surface area contributed by atoms with E-state index < -0.39 is 203 Å². The molecule has 804 valence electrons. The number of nitrogens with zero attached hydrogens (tertiary/aromatic N) is 1. The average Bonchev–Trinajstić information content (AvgIpc) is 1.78. The summed E-state index contributed by atoms with van der Waals surface area (Å²) >= 11 is 8.69. The number of phenolic OH excluding ortho intramolecular Hbond substituents is 2. The number of thiol groups is 2. The van der Waals surface area contributed by atoms with Gasteiger partial charge in [-0.2, -0.15) is 25.3 Å². The summed E-state index contributed by atoms with van der Waals surface area (Å²) in [5.74, 6) is -17.1. The van der Waals surface area contributed by atoms with Crippen molar-refractivity contribution in [2.45, 2.75) is 239 Å². The summed E-state index contributed by atoms with van der Waals surface area (Å²) in [6, 6.07) is 0.427. The highest BCUT2D eigenvalue weighted by Crippen LogP contribution is 2.24. The smallest absolute Gasteiger partial charge is 0.326 e. The summed E-state index contributed by atoms with van der Waals surface area (Å²) < 4.78 is 0. The molecule has 146 heavy (non-hydrogen) atoms. The van der Waals surface area contributed by atoms with Crippen LogP contribution in [0.4, 0.5) is 9.59 Å². The molecule has 4 aromatic rings. The van der Waals surface area contributed by atoms with E-state index in [1.54, 1.807) is 24.3 Å². The number of benzene rings is 4. The highest BCUT2D eigenvalue weighted by atomic mass is 32.1. The normalized spacial score (nSPS) is 14.7. The molecule has 14 atom stereocenters. The van der Waals surface area contributed by atoms with Crippen molar-refractivity contribution in [3.63, 3.8) is 0 Å². The maximum absolute atomic E-state index is 15.4. The van der Waals surface area contributed by atoms with Gasteiger partial charge in [0.15, 0.2) is 23.8 Å². The number of carboxylic acid groups (broad SMARTS) is 1. The highest BCUT2D eigenvalue weighted by molar-refractivity contribution is 7.80. The van der Waals surface area contributed by atoms with Crippen LogP contribution in [0.25, 0.3) is 10.8 Å². The maximum Gasteiger partial charge on any atom is 0.326 e. The molecule has 4 aromatic carbocycles. The quantitative estimate of drug-likeness (QED) is 0.00846. The molecule has 1 aliphatic heterocycles. The van der Waals surface area contributed by atoms with E-state index >= 15 is 33.6 Å². The Balaban J connectivity index is 1.48. The zero-order valence-corrected chi connectivity index (χ0v) is 83.3. The molecule has 18 amide bonds. The standard InChI is InChI=1S/C92H144N32O20S2/c1-51(125)111-59(19-8-38-105-87(95)96)73(128)113-63(21-10-40-107-89(99)100)77(132)119-69(48-54-26-31-55-15-2-3-16-56(55)45-54)81(136)123-71(50-146)83(138)120-67(46-52-27-32-57(126)33-28-52)79(134)115-62(22-11-42-109-91(103)143)74(129)112-60(17-4-6-36-93)76(131)117-65(18-5-7-37-94)85(140)124-44-14-25-72(124)84(139)121-68(47-53-29-34-58(127)35-30-53)80(135)116-61(20-9-39-106-88(97)98)75(130)114-64(23-12-43-110-92(104)144)78(133)122-70(49-145)82(137)118-66(86(141)142)24-13-41-108-90(101)102/h2-3,15-16,26-35,45,59-72,126-127,145-146H,4-14,17-25,36-44,46-50,93-94H2,1H3,(H,111,125)(H,112,129)(H,113,128)(H,114,130)(H,115,134)(H,116,135)(H,117,131)(H,118,137)(H,119,132)(H,120,138)(H,121,139)(H,122,133)(H,123,136)(H,141,142)(H4,95,96,105)(H4,97,98,106)(H4,99,100,107)(H4,101,102,108)(H3,103,109,143)(H3,104,110,144)/t59-,60-,61-,62-,63-,64-,65+,66-,67-,68-,69-,70-,71-,72-/m0/s1. The van der Waals surface area contributed by atoms with Crippen molar-refractivity contribution in [2.75, 3.05) is 70.4 Å². The molecule has 0 spiro atoms. The number of carbonyl (C=O) groups is 17. The number of guanidine groups is 4. The lowest BCUT2D eigenvalue weighted by Crippen LogP contribution is -2.61. The van der Waals surface area contributed by atoms with Crippen molar-refractivity contribution < 1.29 is 96.8 Å². The van der Waals surface area contributed by atoms with E-state index in [9.17, 15) is 63.3 Å². The molecule has 0 radical (unpaired) electrons. The predicted octanol–water partition coefficient (Wildman–Crippen LogP) is -6.26. The number of urea groups is 2. The zero-order valence-electron chi connectivity index (χ0n) is 81.5. The summed E-state index contributed by atoms with van der Waals surface area (Å²) in [4.78, 5) is 243. The lowest BCUT2D eigenvalue weighted by molar-refractivity contribution is -0.142. The summed E-state index contributed by atoms with van der Waals surface area (Å²) in [5.41, 5.74) is 45.8. The lowest BCUT2D eigenvalue weighted by atomic mass is 10.00. The largest absolute Gasteiger partial charge is 0.508 e. The van der Waals surface area contributed by atoms with Crippen LogP contribution in [0.2, 0.25) is 0 Å². The number of nitrogens with one attached hydrogen (secondary N) is 23. The second-order valence-electron chi connectivity index (χ2n) is 34.9. The topological polar surface area (TPSA) is 886 Å². The van der Waals surface area contributed by atoms with Gasteiger partial charge in [-0.25, -0.2) is 14.4 Å². The molecule has 1 heterocycles. The highest BCUT2D eigenvalue weighted by Gasteiger charge is 2.42. The SMILES string of the molecule is CC(=O)N[C@@H](CCCNC(=N)N)C(=O)N[C@@H](CCCNC(=N)N)C(=O)N[C@@H](Cc1ccc2ccccc2c1)C(=O)N[C@@H](CS)C(=O)N[C@@H](Cc1ccc(O)cc1)C(=O)N[C@@H](CCCNC(N)=O)C(=O)N[C@@H](CCCCN)C(=O)N[C@H](CCCCN)C(=O)N1CCC[C@H]1C(=O)N[C@@H](Cc1ccc(O)cc1)C(=O)N[C@@H](CCCNC(=N)N)C(=O)N[C@@H](CCCNC(N)=O)C(=O)N[C@@H](CS)C(=O)N[C@@H](CCCNC(=N)N)C(=O)O. The third kappa shape index (κ3) is 45.7. The Bertz CT molecular complexity index is 5070. The molecule has 5 rings (SSSR count). The van der Waals surface area contributed by atoms with Gasteiger partial charge in [-0.15, -0.1) is 0 Å². The van der Waals surface area contributed by atoms with Crippen LogP contribution in [0.1, 0.15) is 152 Å². The molecule has 1 fully saturated rings. The third-order valence-corrected chi connectivity index (χ3v) is 24.0. The van der Waals surface area contributed by atoms with Crippen LogP contribution in [0, 0.1) is 21.6 Å². The third-order valence-electron chi connectivity index (χ3n) is 23.2. The van der Waals surface area contributed by atoms with Gasteiger partial charge in [-0.3, -0.25) is 88.8 Å². The van der Waals surface area contributed by atoms with Gasteiger partial charge >= 0.3 is 18.0 Å². The van der Waals surface area contributed by atoms with E-state index in [1.165, 1.54) is 60.4 Å². The number of carbonyl (C=O) groups excluding carboxylic acids is 16. The fourth-order valence-corrected chi connectivity index (χ4v) is 16.1. The minimum Gasteiger partial charge on any atom is -0.508 e. The fraction of sp³-hybridized carbons (Fsp3) is 0.533. The van der Waals surface area contributed by atoms with Crippen molar-refractivity contribution in [2.24, 2.45) is 45.9 Å². The molecule has 42 N–H and O–H groups in total. The fourth-order valence-electron chi connectivity index (χ4n) is 15.6. The first-order chi connectivity index (χ1) is 69.5. The van der Waals surface area contributed by atoms with Gasteiger partial charge in [0.05, 0.1) is 0 Å². The molecule has 54 heteroatoms. The van der Waals surface area contributed by atoms with Crippen LogP contribution >= 0.6 is 25.3 Å². The Labute approximate surface area is 855 Å². The monoisotopic (exact) mass is 2080 g/mol. The number of unbranched alkanes of at least 4 members (excludes halogenated alkanes) is 2. The van der Waals surface area contributed by atoms with Gasteiger partial charge in [-0.1, -0.05) is 66.7 Å². The van der Waals surface area contributed by atoms with Crippen LogP contribution in [0.3, 0.4) is 0 Å². The van der Waals surface area contributed by atoms with E-state index in [1.807, 2.05) is 18.2 Å². The second kappa shape index (κ2) is 65.3. The van der Waals surface area contributed by atoms with Gasteiger partial charge in [0.2, 0.25) is 82.7 Å². The number of aliphatic carboxylic acids is 1. The molecule has 1 saturated heterocycles. The van der Waals surface area contributed by atoms with Crippen molar-refractivity contribution in [3.05, 3.63) is 108 Å². The van der Waals surface area contributed by atoms with Crippen LogP contribution in [0.5, 0.6) is 11.5 Å². The lowest BCUT2D eigenvalue weighted by Gasteiger charge is -2.31. The first kappa shape index (κ1) is 122. The maximum atomic E-state index is 15.4. The molecule has 0 bridgehead atoms. The Morgan fingerprint density at radius 1 is 0.342 bits per heavy atom. The zero-order chi connectivity index (χ0) is 108. The van der Waals surface area contributed by atoms with Crippen LogP contribution in [0.15, 0.2) is 91.0 Å². The van der Waals surface area contributed by atoms with Gasteiger partial charge in [-0.05, 0) is 193 Å². The van der Waals surface area contributed by atoms with Crippen LogP contribution < -0.4 is 147 Å². The van der Waals surface area contributed by atoms with Crippen LogP contribution in [-0.2, 0) is 91.2 Å². The van der Waals surface area contributed by atoms with Crippen molar-refractivity contribution in [1.82, 2.24) is 106 Å². The minimum absolute atomic E-state index is 0.00589. The number of phenols is 2. The number of fused-ring (bicyclic) bond motifs is 1. The first-order valence-electron chi connectivity index (χ1n) is 48.0. The Morgan fingerprint density at radius 2 is 0.623 bits per heavy atom. The molecular weight excluding hydrogens is 1940 g/mol. The minimum atomic E-state index is -1.67. The molecule has 0 unspecified atom stereocenters. The van der Waals surface area contributed by atoms with E-state index in [-0.39, 0.29) is 223 Å². The number of nitrogens with two attached hydrogens (primary N) is 8. The number of likely N-dealkylation sites (tertiary alicyclic amines) is 1. The predicted molar refractivity (Wildman–Crippen MR) is 548 cm³/mol. The summed E-state index contributed by atoms with van der Waals surface area (Å²) in [5, 5.41) is 112. The summed E-state index contributed by atoms with van der Waals surface area (Å²) in [7, 11) is 0. The van der Waals surface area contributed by atoms with Crippen molar-refractivity contribution >= 4 is 161 Å². The van der Waals surface area contributed by atoms with Gasteiger partial charge in [0.1, 0.15) is 96.1 Å². The van der Waals surface area contributed by atoms with Crippen molar-refractivity contribution in [3.8, 4) is 11.5 Å². The summed E-state index contributed by atoms with van der Waals surface area (Å²) in [6.07, 6.45) is -0.645. The second-order valence-corrected chi connectivity index (χ2v) is 35.6. The van der Waals surface area contributed by atoms with E-state index in [0.717, 1.165) is 10.8 Å². The summed E-state index contributed by atoms with van der Waals surface area (Å²) in [6.45, 7) is 1.31. The Morgan fingerprint density at radius 3 is 0.966 bits per heavy atom. The number of primary amides is 2. The van der Waals surface area contributed by atoms with Crippen molar-refractivity contribution in [1.29, 1.82) is 21.6 Å². The molecule has 1 aliphatic rings. The van der Waals surface area contributed by atoms with Gasteiger partial charge in [0.25, 0.3) is 0 Å². The molecule has 0 aromatic heterocycles. The molecule has 0 aliphatic carbocycles. The number of aromatic hydroxyl groups is 2. The number of rotatable bonds is 67. The average molecular weight is 2080 g/mol. The van der Waals surface area contributed by atoms with E-state index in [4.69, 9.17) is 67.5 Å². The number of carboxylic acids is 1. The van der Waals surface area contributed by atoms with Gasteiger partial charge < -0.3 is 167 Å². The number of amides is 18. The molecular formula is C92H144N32O20S2. The molecule has 52 nitrogen and oxygen atoms in total. The number of hydrogen-bond donors (Lipinski definition) is 36. The Kier molecular flexibility index (Phi) is 54.4. The van der Waals surface area contributed by atoms with E-state index in [2.05, 4.69) is 126 Å². The van der Waals surface area contributed by atoms with Crippen LogP contribution in [-0.4, -0.2) is 300 Å².